The molecule has 0 saturated heterocycles. The van der Waals surface area contributed by atoms with Gasteiger partial charge >= 0.3 is 0 Å². The summed E-state index contributed by atoms with van der Waals surface area (Å²) in [6.07, 6.45) is 1.44. The molecule has 1 aromatic carbocycles. The third kappa shape index (κ3) is 4.86. The minimum Gasteiger partial charge on any atom is -0.480 e. The molecule has 0 bridgehead atoms. The topological polar surface area (TPSA) is 116 Å². The number of fused-ring (bicyclic) bond motifs is 1. The molecule has 10 heteroatoms. The SMILES string of the molecule is COCc1nc(OC)c2c(C)c(C(=O)NCc3cccc(NC(=O)c4ccco4)c3)sc2n1. The van der Waals surface area contributed by atoms with Crippen LogP contribution in [-0.4, -0.2) is 36.0 Å². The van der Waals surface area contributed by atoms with Crippen LogP contribution < -0.4 is 15.4 Å². The summed E-state index contributed by atoms with van der Waals surface area (Å²) >= 11 is 1.28. The second-order valence-corrected chi connectivity index (χ2v) is 8.13. The third-order valence-corrected chi connectivity index (χ3v) is 6.04. The summed E-state index contributed by atoms with van der Waals surface area (Å²) in [5.41, 5.74) is 2.19. The second kappa shape index (κ2) is 9.80. The van der Waals surface area contributed by atoms with Crippen LogP contribution in [-0.2, 0) is 17.9 Å². The first-order valence-electron chi connectivity index (χ1n) is 10.0. The predicted octanol–water partition coefficient (Wildman–Crippen LogP) is 3.93. The van der Waals surface area contributed by atoms with Gasteiger partial charge in [-0.25, -0.2) is 4.98 Å². The van der Waals surface area contributed by atoms with Crippen molar-refractivity contribution in [1.29, 1.82) is 0 Å². The van der Waals surface area contributed by atoms with Crippen LogP contribution in [0.1, 0.15) is 37.2 Å². The number of rotatable bonds is 8. The molecular formula is C23H22N4O5S. The van der Waals surface area contributed by atoms with E-state index in [0.717, 1.165) is 16.5 Å². The standard InChI is InChI=1S/C23H22N4O5S/c1-13-18-22(31-3)26-17(12-30-2)27-23(18)33-19(13)21(29)24-11-14-6-4-7-15(10-14)25-20(28)16-8-5-9-32-16/h4-10H,11-12H2,1-3H3,(H,24,29)(H,25,28). The van der Waals surface area contributed by atoms with Crippen molar-refractivity contribution >= 4 is 39.1 Å². The molecule has 0 aliphatic rings. The number of thiophene rings is 1. The Bertz CT molecular complexity index is 1300. The van der Waals surface area contributed by atoms with Gasteiger partial charge in [0.15, 0.2) is 11.6 Å². The molecule has 0 spiro atoms. The van der Waals surface area contributed by atoms with E-state index in [-0.39, 0.29) is 30.7 Å². The van der Waals surface area contributed by atoms with E-state index in [1.807, 2.05) is 19.1 Å². The molecule has 9 nitrogen and oxygen atoms in total. The number of anilines is 1. The van der Waals surface area contributed by atoms with Crippen LogP contribution in [0, 0.1) is 6.92 Å². The third-order valence-electron chi connectivity index (χ3n) is 4.86. The fourth-order valence-corrected chi connectivity index (χ4v) is 4.43. The van der Waals surface area contributed by atoms with E-state index >= 15 is 0 Å². The number of nitrogens with one attached hydrogen (secondary N) is 2. The highest BCUT2D eigenvalue weighted by atomic mass is 32.1. The highest BCUT2D eigenvalue weighted by molar-refractivity contribution is 7.20. The first kappa shape index (κ1) is 22.4. The van der Waals surface area contributed by atoms with Crippen LogP contribution in [0.2, 0.25) is 0 Å². The van der Waals surface area contributed by atoms with Crippen LogP contribution in [0.5, 0.6) is 5.88 Å². The van der Waals surface area contributed by atoms with Gasteiger partial charge < -0.3 is 24.5 Å². The van der Waals surface area contributed by atoms with Crippen molar-refractivity contribution in [1.82, 2.24) is 15.3 Å². The zero-order chi connectivity index (χ0) is 23.4. The van der Waals surface area contributed by atoms with Gasteiger partial charge in [-0.2, -0.15) is 4.98 Å². The predicted molar refractivity (Wildman–Crippen MR) is 124 cm³/mol. The quantitative estimate of drug-likeness (QED) is 0.404. The highest BCUT2D eigenvalue weighted by Gasteiger charge is 2.21. The molecule has 2 N–H and O–H groups in total. The normalized spacial score (nSPS) is 10.9. The van der Waals surface area contributed by atoms with Crippen molar-refractivity contribution in [2.45, 2.75) is 20.1 Å². The molecule has 4 aromatic rings. The van der Waals surface area contributed by atoms with Gasteiger partial charge in [-0.1, -0.05) is 12.1 Å². The molecule has 3 heterocycles. The van der Waals surface area contributed by atoms with Crippen LogP contribution in [0.4, 0.5) is 5.69 Å². The lowest BCUT2D eigenvalue weighted by atomic mass is 10.1. The summed E-state index contributed by atoms with van der Waals surface area (Å²) in [6, 6.07) is 10.5. The Kier molecular flexibility index (Phi) is 6.66. The largest absolute Gasteiger partial charge is 0.480 e. The zero-order valence-corrected chi connectivity index (χ0v) is 19.1. The van der Waals surface area contributed by atoms with Crippen molar-refractivity contribution in [3.8, 4) is 5.88 Å². The number of hydrogen-bond donors (Lipinski definition) is 2. The van der Waals surface area contributed by atoms with Gasteiger partial charge in [-0.15, -0.1) is 11.3 Å². The molecule has 2 amide bonds. The molecule has 0 radical (unpaired) electrons. The average Bonchev–Trinajstić information content (AvgIpc) is 3.46. The van der Waals surface area contributed by atoms with Crippen LogP contribution >= 0.6 is 11.3 Å². The fraction of sp³-hybridized carbons (Fsp3) is 0.217. The lowest BCUT2D eigenvalue weighted by Gasteiger charge is -2.08. The molecule has 170 valence electrons. The summed E-state index contributed by atoms with van der Waals surface area (Å²) in [7, 11) is 3.10. The fourth-order valence-electron chi connectivity index (χ4n) is 3.32. The lowest BCUT2D eigenvalue weighted by Crippen LogP contribution is -2.22. The highest BCUT2D eigenvalue weighted by Crippen LogP contribution is 2.35. The van der Waals surface area contributed by atoms with E-state index in [0.29, 0.717) is 27.1 Å². The molecule has 0 aliphatic carbocycles. The first-order chi connectivity index (χ1) is 16.0. The van der Waals surface area contributed by atoms with Gasteiger partial charge in [0.1, 0.15) is 11.4 Å². The van der Waals surface area contributed by atoms with Gasteiger partial charge in [-0.05, 0) is 42.3 Å². The van der Waals surface area contributed by atoms with E-state index < -0.39 is 0 Å². The Morgan fingerprint density at radius 3 is 2.70 bits per heavy atom. The Labute approximate surface area is 193 Å². The first-order valence-corrected chi connectivity index (χ1v) is 10.9. The number of aromatic nitrogens is 2. The minimum atomic E-state index is -0.343. The number of aryl methyl sites for hydroxylation is 1. The van der Waals surface area contributed by atoms with Gasteiger partial charge in [0.05, 0.1) is 23.6 Å². The van der Waals surface area contributed by atoms with E-state index in [9.17, 15) is 9.59 Å². The molecule has 0 atom stereocenters. The van der Waals surface area contributed by atoms with Crippen molar-refractivity contribution in [3.05, 3.63) is 70.3 Å². The summed E-state index contributed by atoms with van der Waals surface area (Å²) < 4.78 is 15.6. The summed E-state index contributed by atoms with van der Waals surface area (Å²) in [5, 5.41) is 6.42. The molecule has 0 unspecified atom stereocenters. The Morgan fingerprint density at radius 2 is 1.97 bits per heavy atom. The number of amides is 2. The average molecular weight is 467 g/mol. The maximum Gasteiger partial charge on any atom is 0.291 e. The maximum absolute atomic E-state index is 12.9. The van der Waals surface area contributed by atoms with Gasteiger partial charge in [0, 0.05) is 19.3 Å². The van der Waals surface area contributed by atoms with Gasteiger partial charge in [-0.3, -0.25) is 9.59 Å². The summed E-state index contributed by atoms with van der Waals surface area (Å²) in [5.74, 6) is 0.560. The second-order valence-electron chi connectivity index (χ2n) is 7.13. The van der Waals surface area contributed by atoms with Crippen molar-refractivity contribution in [2.75, 3.05) is 19.5 Å². The van der Waals surface area contributed by atoms with Crippen molar-refractivity contribution in [2.24, 2.45) is 0 Å². The number of carbonyl (C=O) groups excluding carboxylic acids is 2. The zero-order valence-electron chi connectivity index (χ0n) is 18.3. The number of nitrogens with zero attached hydrogens (tertiary/aromatic N) is 2. The summed E-state index contributed by atoms with van der Waals surface area (Å²) in [4.78, 5) is 35.2. The molecular weight excluding hydrogens is 444 g/mol. The Hall–Kier alpha value is -3.76. The Morgan fingerprint density at radius 1 is 1.12 bits per heavy atom. The van der Waals surface area contributed by atoms with Crippen LogP contribution in [0.3, 0.4) is 0 Å². The summed E-state index contributed by atoms with van der Waals surface area (Å²) in [6.45, 7) is 2.38. The van der Waals surface area contributed by atoms with Crippen molar-refractivity contribution in [3.63, 3.8) is 0 Å². The van der Waals surface area contributed by atoms with Crippen LogP contribution in [0.25, 0.3) is 10.2 Å². The molecule has 0 aliphatic heterocycles. The molecule has 0 saturated carbocycles. The van der Waals surface area contributed by atoms with Gasteiger partial charge in [0.2, 0.25) is 5.88 Å². The number of hydrogen-bond acceptors (Lipinski definition) is 8. The van der Waals surface area contributed by atoms with E-state index in [2.05, 4.69) is 20.6 Å². The number of furan rings is 1. The number of carbonyl (C=O) groups is 2. The van der Waals surface area contributed by atoms with E-state index in [1.54, 1.807) is 31.4 Å². The van der Waals surface area contributed by atoms with Crippen molar-refractivity contribution < 1.29 is 23.5 Å². The molecule has 0 fully saturated rings. The molecule has 4 rings (SSSR count). The van der Waals surface area contributed by atoms with E-state index in [4.69, 9.17) is 13.9 Å². The smallest absolute Gasteiger partial charge is 0.291 e. The maximum atomic E-state index is 12.9. The number of benzene rings is 1. The van der Waals surface area contributed by atoms with E-state index in [1.165, 1.54) is 24.7 Å². The number of methoxy groups -OCH3 is 2. The monoisotopic (exact) mass is 466 g/mol. The van der Waals surface area contributed by atoms with Crippen LogP contribution in [0.15, 0.2) is 47.1 Å². The lowest BCUT2D eigenvalue weighted by molar-refractivity contribution is 0.0953. The molecule has 33 heavy (non-hydrogen) atoms. The Balaban J connectivity index is 1.49. The van der Waals surface area contributed by atoms with Gasteiger partial charge in [0.25, 0.3) is 11.8 Å². The minimum absolute atomic E-state index is 0.223. The number of ether oxygens (including phenoxy) is 2. The molecule has 3 aromatic heterocycles.